The Kier molecular flexibility index (Phi) is 6.54. The van der Waals surface area contributed by atoms with Crippen LogP contribution >= 0.6 is 0 Å². The number of nitro benzene ring substituents is 1. The molecule has 0 aliphatic heterocycles. The average Bonchev–Trinajstić information content (AvgIpc) is 2.66. The lowest BCUT2D eigenvalue weighted by Gasteiger charge is -2.19. The second-order valence-electron chi connectivity index (χ2n) is 5.99. The van der Waals surface area contributed by atoms with Gasteiger partial charge in [-0.2, -0.15) is 0 Å². The van der Waals surface area contributed by atoms with Crippen molar-refractivity contribution < 1.29 is 29.1 Å². The summed E-state index contributed by atoms with van der Waals surface area (Å²) < 4.78 is 10.4. The fourth-order valence-corrected chi connectivity index (χ4v) is 2.75. The van der Waals surface area contributed by atoms with E-state index < -0.39 is 22.8 Å². The van der Waals surface area contributed by atoms with Crippen LogP contribution in [0.4, 0.5) is 5.69 Å². The summed E-state index contributed by atoms with van der Waals surface area (Å²) in [5.74, 6) is -0.761. The van der Waals surface area contributed by atoms with E-state index in [0.29, 0.717) is 22.6 Å². The molecule has 9 heteroatoms. The Balaban J connectivity index is 2.33. The van der Waals surface area contributed by atoms with E-state index in [9.17, 15) is 24.8 Å². The highest BCUT2D eigenvalue weighted by Gasteiger charge is 2.22. The van der Waals surface area contributed by atoms with Crippen LogP contribution in [-0.4, -0.2) is 36.1 Å². The monoisotopic (exact) mass is 388 g/mol. The van der Waals surface area contributed by atoms with Crippen molar-refractivity contribution in [2.45, 2.75) is 19.4 Å². The highest BCUT2D eigenvalue weighted by atomic mass is 16.6. The Morgan fingerprint density at radius 2 is 1.82 bits per heavy atom. The number of rotatable bonds is 8. The zero-order valence-corrected chi connectivity index (χ0v) is 15.6. The van der Waals surface area contributed by atoms with Crippen LogP contribution in [0.2, 0.25) is 0 Å². The quantitative estimate of drug-likeness (QED) is 0.525. The number of nitrogens with zero attached hydrogens (tertiary/aromatic N) is 1. The third-order valence-electron chi connectivity index (χ3n) is 4.16. The van der Waals surface area contributed by atoms with Crippen LogP contribution in [0.3, 0.4) is 0 Å². The van der Waals surface area contributed by atoms with Gasteiger partial charge in [0.05, 0.1) is 31.6 Å². The van der Waals surface area contributed by atoms with Crippen LogP contribution in [0, 0.1) is 17.0 Å². The summed E-state index contributed by atoms with van der Waals surface area (Å²) in [6.07, 6.45) is -0.354. The van der Waals surface area contributed by atoms with Crippen LogP contribution < -0.4 is 14.8 Å². The van der Waals surface area contributed by atoms with E-state index in [4.69, 9.17) is 9.47 Å². The molecule has 2 N–H and O–H groups in total. The van der Waals surface area contributed by atoms with Crippen LogP contribution in [-0.2, 0) is 4.79 Å². The van der Waals surface area contributed by atoms with Crippen molar-refractivity contribution in [3.05, 3.63) is 63.2 Å². The highest BCUT2D eigenvalue weighted by Crippen LogP contribution is 2.31. The molecule has 0 aliphatic carbocycles. The molecule has 1 unspecified atom stereocenters. The predicted molar refractivity (Wildman–Crippen MR) is 99.8 cm³/mol. The molecule has 1 atom stereocenters. The minimum absolute atomic E-state index is 0.129. The van der Waals surface area contributed by atoms with E-state index in [0.717, 1.165) is 0 Å². The number of methoxy groups -OCH3 is 2. The lowest BCUT2D eigenvalue weighted by Crippen LogP contribution is -2.30. The molecule has 1 amide bonds. The molecule has 0 bridgehead atoms. The first-order chi connectivity index (χ1) is 13.3. The van der Waals surface area contributed by atoms with Crippen LogP contribution in [0.1, 0.15) is 33.9 Å². The molecule has 2 aromatic carbocycles. The molecule has 148 valence electrons. The van der Waals surface area contributed by atoms with E-state index in [1.54, 1.807) is 25.1 Å². The molecule has 0 radical (unpaired) electrons. The smallest absolute Gasteiger partial charge is 0.305 e. The lowest BCUT2D eigenvalue weighted by atomic mass is 10.0. The summed E-state index contributed by atoms with van der Waals surface area (Å²) in [7, 11) is 2.93. The number of aryl methyl sites for hydroxylation is 1. The van der Waals surface area contributed by atoms with E-state index >= 15 is 0 Å². The van der Waals surface area contributed by atoms with Crippen molar-refractivity contribution in [2.24, 2.45) is 0 Å². The number of carbonyl (C=O) groups is 2. The van der Waals surface area contributed by atoms with Gasteiger partial charge in [0.2, 0.25) is 0 Å². The van der Waals surface area contributed by atoms with Gasteiger partial charge in [-0.05, 0) is 36.2 Å². The number of amides is 1. The van der Waals surface area contributed by atoms with Gasteiger partial charge in [0.15, 0.2) is 11.5 Å². The van der Waals surface area contributed by atoms with Gasteiger partial charge in [-0.1, -0.05) is 6.07 Å². The number of carboxylic acid groups (broad SMARTS) is 1. The fraction of sp³-hybridized carbons (Fsp3) is 0.263. The number of hydrogen-bond acceptors (Lipinski definition) is 6. The Hall–Kier alpha value is -3.62. The van der Waals surface area contributed by atoms with Crippen molar-refractivity contribution >= 4 is 17.6 Å². The number of carbonyl (C=O) groups excluding carboxylic acids is 1. The maximum atomic E-state index is 12.7. The molecule has 2 aromatic rings. The Morgan fingerprint density at radius 3 is 2.36 bits per heavy atom. The first kappa shape index (κ1) is 20.7. The Bertz CT molecular complexity index is 911. The molecule has 0 spiro atoms. The SMILES string of the molecule is COc1ccc(C(CC(=O)O)NC(=O)c2ccc([N+](=O)[O-])cc2C)cc1OC. The standard InChI is InChI=1S/C19H20N2O7/c1-11-8-13(21(25)26)5-6-14(11)19(24)20-15(10-18(22)23)12-4-7-16(27-2)17(9-12)28-3/h4-9,15H,10H2,1-3H3,(H,20,24)(H,22,23). The predicted octanol–water partition coefficient (Wildman–Crippen LogP) is 2.87. The summed E-state index contributed by atoms with van der Waals surface area (Å²) >= 11 is 0. The molecule has 0 aliphatic rings. The highest BCUT2D eigenvalue weighted by molar-refractivity contribution is 5.96. The van der Waals surface area contributed by atoms with Crippen LogP contribution in [0.25, 0.3) is 0 Å². The molecular formula is C19H20N2O7. The average molecular weight is 388 g/mol. The van der Waals surface area contributed by atoms with Gasteiger partial charge in [-0.15, -0.1) is 0 Å². The number of aliphatic carboxylic acids is 1. The number of hydrogen-bond donors (Lipinski definition) is 2. The minimum Gasteiger partial charge on any atom is -0.493 e. The van der Waals surface area contributed by atoms with E-state index in [1.807, 2.05) is 0 Å². The second kappa shape index (κ2) is 8.85. The maximum Gasteiger partial charge on any atom is 0.305 e. The fourth-order valence-electron chi connectivity index (χ4n) is 2.75. The Morgan fingerprint density at radius 1 is 1.14 bits per heavy atom. The minimum atomic E-state index is -1.10. The number of nitro groups is 1. The van der Waals surface area contributed by atoms with Gasteiger partial charge in [0.25, 0.3) is 11.6 Å². The van der Waals surface area contributed by atoms with Gasteiger partial charge in [-0.25, -0.2) is 0 Å². The van der Waals surface area contributed by atoms with Crippen molar-refractivity contribution in [2.75, 3.05) is 14.2 Å². The van der Waals surface area contributed by atoms with Gasteiger partial charge in [0, 0.05) is 17.7 Å². The summed E-state index contributed by atoms with van der Waals surface area (Å²) in [6.45, 7) is 1.57. The maximum absolute atomic E-state index is 12.7. The summed E-state index contributed by atoms with van der Waals surface area (Å²) in [6, 6.07) is 7.87. The van der Waals surface area contributed by atoms with Gasteiger partial charge in [-0.3, -0.25) is 19.7 Å². The van der Waals surface area contributed by atoms with E-state index in [2.05, 4.69) is 5.32 Å². The summed E-state index contributed by atoms with van der Waals surface area (Å²) in [5, 5.41) is 22.7. The number of nitrogens with one attached hydrogen (secondary N) is 1. The van der Waals surface area contributed by atoms with E-state index in [-0.39, 0.29) is 17.7 Å². The zero-order chi connectivity index (χ0) is 20.8. The largest absolute Gasteiger partial charge is 0.493 e. The number of ether oxygens (including phenoxy) is 2. The van der Waals surface area contributed by atoms with Crippen LogP contribution in [0.5, 0.6) is 11.5 Å². The molecule has 28 heavy (non-hydrogen) atoms. The lowest BCUT2D eigenvalue weighted by molar-refractivity contribution is -0.384. The Labute approximate surface area is 161 Å². The van der Waals surface area contributed by atoms with Gasteiger partial charge >= 0.3 is 5.97 Å². The van der Waals surface area contributed by atoms with Crippen molar-refractivity contribution in [3.8, 4) is 11.5 Å². The topological polar surface area (TPSA) is 128 Å². The summed E-state index contributed by atoms with van der Waals surface area (Å²) in [5.41, 5.74) is 1.03. The molecule has 0 saturated carbocycles. The first-order valence-electron chi connectivity index (χ1n) is 8.26. The molecule has 0 saturated heterocycles. The first-order valence-corrected chi connectivity index (χ1v) is 8.26. The van der Waals surface area contributed by atoms with Crippen molar-refractivity contribution in [1.29, 1.82) is 0 Å². The van der Waals surface area contributed by atoms with Gasteiger partial charge in [0.1, 0.15) is 0 Å². The summed E-state index contributed by atoms with van der Waals surface area (Å²) in [4.78, 5) is 34.2. The third kappa shape index (κ3) is 4.76. The van der Waals surface area contributed by atoms with Gasteiger partial charge < -0.3 is 19.9 Å². The van der Waals surface area contributed by atoms with Crippen molar-refractivity contribution in [1.82, 2.24) is 5.32 Å². The number of carboxylic acids is 1. The van der Waals surface area contributed by atoms with E-state index in [1.165, 1.54) is 32.4 Å². The number of non-ortho nitro benzene ring substituents is 1. The molecular weight excluding hydrogens is 368 g/mol. The molecule has 0 aromatic heterocycles. The van der Waals surface area contributed by atoms with Crippen LogP contribution in [0.15, 0.2) is 36.4 Å². The molecule has 2 rings (SSSR count). The zero-order valence-electron chi connectivity index (χ0n) is 15.6. The molecule has 0 heterocycles. The third-order valence-corrected chi connectivity index (χ3v) is 4.16. The molecule has 0 fully saturated rings. The normalized spacial score (nSPS) is 11.4. The second-order valence-corrected chi connectivity index (χ2v) is 5.99. The van der Waals surface area contributed by atoms with Crippen molar-refractivity contribution in [3.63, 3.8) is 0 Å². The number of benzene rings is 2. The molecule has 9 nitrogen and oxygen atoms in total.